The summed E-state index contributed by atoms with van der Waals surface area (Å²) in [7, 11) is 0. The molecule has 5 nitrogen and oxygen atoms in total. The molecule has 0 spiro atoms. The minimum atomic E-state index is 0.0236. The van der Waals surface area contributed by atoms with E-state index in [-0.39, 0.29) is 5.78 Å². The topological polar surface area (TPSA) is 60.2 Å². The van der Waals surface area contributed by atoms with Crippen LogP contribution in [0.2, 0.25) is 0 Å². The maximum Gasteiger partial charge on any atom is 0.185 e. The van der Waals surface area contributed by atoms with Crippen LogP contribution in [0.4, 0.5) is 10.8 Å². The fraction of sp³-hybridized carbons (Fsp3) is 0.389. The molecule has 24 heavy (non-hydrogen) atoms. The number of nitriles is 1. The van der Waals surface area contributed by atoms with Crippen molar-refractivity contribution < 1.29 is 4.79 Å². The third-order valence-electron chi connectivity index (χ3n) is 4.24. The Labute approximate surface area is 146 Å². The normalized spacial score (nSPS) is 15.0. The van der Waals surface area contributed by atoms with Gasteiger partial charge in [0.2, 0.25) is 0 Å². The van der Waals surface area contributed by atoms with E-state index in [4.69, 9.17) is 0 Å². The van der Waals surface area contributed by atoms with Crippen molar-refractivity contribution in [1.29, 1.82) is 5.26 Å². The molecule has 1 fully saturated rings. The summed E-state index contributed by atoms with van der Waals surface area (Å²) in [5, 5.41) is 12.5. The second kappa shape index (κ2) is 7.02. The minimum absolute atomic E-state index is 0.0236. The second-order valence-corrected chi connectivity index (χ2v) is 6.84. The number of anilines is 2. The first kappa shape index (κ1) is 16.5. The van der Waals surface area contributed by atoms with Gasteiger partial charge in [-0.05, 0) is 38.5 Å². The number of carbonyl (C=O) groups excluding carboxylic acids is 1. The molecule has 0 amide bonds. The van der Waals surface area contributed by atoms with E-state index in [0.717, 1.165) is 49.1 Å². The lowest BCUT2D eigenvalue weighted by molar-refractivity contribution is 0.101. The highest BCUT2D eigenvalue weighted by Gasteiger charge is 2.20. The maximum atomic E-state index is 11.7. The monoisotopic (exact) mass is 340 g/mol. The predicted octanol–water partition coefficient (Wildman–Crippen LogP) is 3.24. The van der Waals surface area contributed by atoms with Gasteiger partial charge in [-0.1, -0.05) is 0 Å². The molecular formula is C18H20N4OS. The van der Waals surface area contributed by atoms with Crippen molar-refractivity contribution in [3.05, 3.63) is 40.4 Å². The summed E-state index contributed by atoms with van der Waals surface area (Å²) in [6.07, 6.45) is 0.994. The summed E-state index contributed by atoms with van der Waals surface area (Å²) in [4.78, 5) is 20.8. The molecule has 1 saturated heterocycles. The lowest BCUT2D eigenvalue weighted by Crippen LogP contribution is -2.31. The van der Waals surface area contributed by atoms with E-state index >= 15 is 0 Å². The van der Waals surface area contributed by atoms with Crippen LogP contribution in [0.3, 0.4) is 0 Å². The summed E-state index contributed by atoms with van der Waals surface area (Å²) < 4.78 is 0. The Morgan fingerprint density at radius 3 is 2.67 bits per heavy atom. The average Bonchev–Trinajstić information content (AvgIpc) is 2.87. The Balaban J connectivity index is 1.82. The average molecular weight is 340 g/mol. The van der Waals surface area contributed by atoms with Crippen molar-refractivity contribution in [2.24, 2.45) is 0 Å². The van der Waals surface area contributed by atoms with Crippen LogP contribution in [0.1, 0.15) is 35.0 Å². The van der Waals surface area contributed by atoms with Crippen molar-refractivity contribution in [2.75, 3.05) is 36.0 Å². The first-order valence-corrected chi connectivity index (χ1v) is 8.93. The Morgan fingerprint density at radius 2 is 2.00 bits per heavy atom. The van der Waals surface area contributed by atoms with Crippen LogP contribution >= 0.6 is 11.3 Å². The molecule has 0 radical (unpaired) electrons. The van der Waals surface area contributed by atoms with Crippen LogP contribution < -0.4 is 9.80 Å². The number of hydrogen-bond donors (Lipinski definition) is 0. The van der Waals surface area contributed by atoms with Gasteiger partial charge in [-0.15, -0.1) is 11.3 Å². The van der Waals surface area contributed by atoms with Crippen molar-refractivity contribution in [3.8, 4) is 6.07 Å². The number of hydrogen-bond acceptors (Lipinski definition) is 6. The fourth-order valence-electron chi connectivity index (χ4n) is 2.94. The zero-order valence-corrected chi connectivity index (χ0v) is 14.8. The van der Waals surface area contributed by atoms with Gasteiger partial charge in [0, 0.05) is 37.1 Å². The zero-order valence-electron chi connectivity index (χ0n) is 14.0. The molecule has 1 aromatic carbocycles. The first-order chi connectivity index (χ1) is 11.6. The number of thiazole rings is 1. The number of benzene rings is 1. The predicted molar refractivity (Wildman–Crippen MR) is 97.1 cm³/mol. The number of carbonyl (C=O) groups is 1. The second-order valence-electron chi connectivity index (χ2n) is 6.00. The molecule has 1 aliphatic rings. The number of ketones is 1. The molecule has 2 heterocycles. The standard InChI is InChI=1S/C18H20N4OS/c1-13-12-24-18(20-13)22-7-3-6-21(8-9-22)17-10-15(14(2)23)4-5-16(17)11-19/h4-5,10,12H,3,6-9H2,1-2H3. The zero-order chi connectivity index (χ0) is 17.1. The number of rotatable bonds is 3. The van der Waals surface area contributed by atoms with Gasteiger partial charge in [-0.25, -0.2) is 4.98 Å². The van der Waals surface area contributed by atoms with Gasteiger partial charge in [0.25, 0.3) is 0 Å². The molecule has 1 aliphatic heterocycles. The SMILES string of the molecule is CC(=O)c1ccc(C#N)c(N2CCCN(c3nc(C)cs3)CC2)c1. The lowest BCUT2D eigenvalue weighted by Gasteiger charge is -2.24. The van der Waals surface area contributed by atoms with E-state index in [2.05, 4.69) is 26.2 Å². The van der Waals surface area contributed by atoms with Gasteiger partial charge >= 0.3 is 0 Å². The summed E-state index contributed by atoms with van der Waals surface area (Å²) in [6.45, 7) is 7.07. The Hall–Kier alpha value is -2.39. The molecule has 0 saturated carbocycles. The van der Waals surface area contributed by atoms with Gasteiger partial charge in [-0.3, -0.25) is 4.79 Å². The van der Waals surface area contributed by atoms with E-state index in [9.17, 15) is 10.1 Å². The van der Waals surface area contributed by atoms with Gasteiger partial charge in [0.05, 0.1) is 16.9 Å². The molecule has 0 bridgehead atoms. The van der Waals surface area contributed by atoms with Crippen LogP contribution in [-0.4, -0.2) is 36.9 Å². The van der Waals surface area contributed by atoms with Crippen LogP contribution in [0.25, 0.3) is 0 Å². The van der Waals surface area contributed by atoms with Gasteiger partial charge in [-0.2, -0.15) is 5.26 Å². The third-order valence-corrected chi connectivity index (χ3v) is 5.26. The van der Waals surface area contributed by atoms with E-state index in [1.165, 1.54) is 0 Å². The van der Waals surface area contributed by atoms with E-state index in [1.54, 1.807) is 30.4 Å². The molecule has 0 unspecified atom stereocenters. The van der Waals surface area contributed by atoms with Crippen LogP contribution in [0.15, 0.2) is 23.6 Å². The molecule has 0 aliphatic carbocycles. The third kappa shape index (κ3) is 3.41. The quantitative estimate of drug-likeness (QED) is 0.803. The minimum Gasteiger partial charge on any atom is -0.369 e. The van der Waals surface area contributed by atoms with Crippen molar-refractivity contribution in [1.82, 2.24) is 4.98 Å². The number of aryl methyl sites for hydroxylation is 1. The fourth-order valence-corrected chi connectivity index (χ4v) is 3.80. The van der Waals surface area contributed by atoms with Crippen molar-refractivity contribution in [3.63, 3.8) is 0 Å². The van der Waals surface area contributed by atoms with E-state index in [0.29, 0.717) is 11.1 Å². The van der Waals surface area contributed by atoms with E-state index in [1.807, 2.05) is 13.0 Å². The summed E-state index contributed by atoms with van der Waals surface area (Å²) in [5.74, 6) is 0.0236. The summed E-state index contributed by atoms with van der Waals surface area (Å²) in [6, 6.07) is 7.58. The van der Waals surface area contributed by atoms with Crippen LogP contribution in [-0.2, 0) is 0 Å². The smallest absolute Gasteiger partial charge is 0.185 e. The van der Waals surface area contributed by atoms with Gasteiger partial charge in [0.1, 0.15) is 6.07 Å². The van der Waals surface area contributed by atoms with Crippen molar-refractivity contribution >= 4 is 27.9 Å². The number of Topliss-reactive ketones (excluding diaryl/α,β-unsaturated/α-hetero) is 1. The van der Waals surface area contributed by atoms with Crippen LogP contribution in [0, 0.1) is 18.3 Å². The highest BCUT2D eigenvalue weighted by atomic mass is 32.1. The highest BCUT2D eigenvalue weighted by molar-refractivity contribution is 7.13. The highest BCUT2D eigenvalue weighted by Crippen LogP contribution is 2.26. The molecule has 0 N–H and O–H groups in total. The Bertz CT molecular complexity index is 793. The molecule has 3 rings (SSSR count). The molecule has 6 heteroatoms. The maximum absolute atomic E-state index is 11.7. The lowest BCUT2D eigenvalue weighted by atomic mass is 10.1. The summed E-state index contributed by atoms with van der Waals surface area (Å²) in [5.41, 5.74) is 3.19. The van der Waals surface area contributed by atoms with Gasteiger partial charge < -0.3 is 9.80 Å². The molecule has 0 atom stereocenters. The number of nitrogens with zero attached hydrogens (tertiary/aromatic N) is 4. The van der Waals surface area contributed by atoms with Gasteiger partial charge in [0.15, 0.2) is 10.9 Å². The molecular weight excluding hydrogens is 320 g/mol. The van der Waals surface area contributed by atoms with E-state index < -0.39 is 0 Å². The Morgan fingerprint density at radius 1 is 1.25 bits per heavy atom. The molecule has 124 valence electrons. The molecule has 2 aromatic rings. The molecule has 1 aromatic heterocycles. The largest absolute Gasteiger partial charge is 0.369 e. The summed E-state index contributed by atoms with van der Waals surface area (Å²) >= 11 is 1.68. The Kier molecular flexibility index (Phi) is 4.81. The number of aromatic nitrogens is 1. The van der Waals surface area contributed by atoms with Crippen LogP contribution in [0.5, 0.6) is 0 Å². The van der Waals surface area contributed by atoms with Crippen molar-refractivity contribution in [2.45, 2.75) is 20.3 Å². The first-order valence-electron chi connectivity index (χ1n) is 8.05.